The second-order valence-corrected chi connectivity index (χ2v) is 6.01. The van der Waals surface area contributed by atoms with Crippen molar-refractivity contribution in [3.05, 3.63) is 12.2 Å². The van der Waals surface area contributed by atoms with Crippen LogP contribution < -0.4 is 5.32 Å². The Kier molecular flexibility index (Phi) is 10.5. The molecule has 0 aliphatic heterocycles. The van der Waals surface area contributed by atoms with Gasteiger partial charge in [-0.25, -0.2) is 8.42 Å². The number of hydrogen-bond donors (Lipinski definition) is 1. The molecule has 8 heteroatoms. The van der Waals surface area contributed by atoms with Gasteiger partial charge in [-0.1, -0.05) is 13.5 Å². The first-order valence-electron chi connectivity index (χ1n) is 6.79. The van der Waals surface area contributed by atoms with Crippen LogP contribution in [0.2, 0.25) is 0 Å². The van der Waals surface area contributed by atoms with Crippen molar-refractivity contribution < 1.29 is 26.4 Å². The quantitative estimate of drug-likeness (QED) is 0.248. The first kappa shape index (κ1) is 22.3. The highest BCUT2D eigenvalue weighted by molar-refractivity contribution is 7.80. The Morgan fingerprint density at radius 3 is 1.90 bits per heavy atom. The molecular weight excluding hydrogens is 296 g/mol. The summed E-state index contributed by atoms with van der Waals surface area (Å²) in [4.78, 5) is 11.6. The van der Waals surface area contributed by atoms with Crippen molar-refractivity contribution in [3.63, 3.8) is 0 Å². The summed E-state index contributed by atoms with van der Waals surface area (Å²) in [6.07, 6.45) is 1.13. The maximum absolute atomic E-state index is 11.6. The number of rotatable bonds is 7. The van der Waals surface area contributed by atoms with E-state index in [0.29, 0.717) is 5.57 Å². The monoisotopic (exact) mass is 324 g/mol. The van der Waals surface area contributed by atoms with E-state index in [2.05, 4.69) is 43.9 Å². The number of quaternary nitrogens is 1. The summed E-state index contributed by atoms with van der Waals surface area (Å²) < 4.78 is 31.9. The zero-order valence-corrected chi connectivity index (χ0v) is 14.6. The van der Waals surface area contributed by atoms with Crippen LogP contribution in [0.25, 0.3) is 0 Å². The molecular formula is C13H28N2O5S. The summed E-state index contributed by atoms with van der Waals surface area (Å²) in [5.74, 6) is -0.0342. The normalized spacial score (nSPS) is 12.9. The van der Waals surface area contributed by atoms with Gasteiger partial charge in [0.15, 0.2) is 6.17 Å². The molecule has 1 atom stereocenters. The van der Waals surface area contributed by atoms with Crippen LogP contribution in [-0.2, 0) is 19.4 Å². The molecule has 0 aliphatic rings. The van der Waals surface area contributed by atoms with E-state index in [1.54, 1.807) is 6.92 Å². The Bertz CT molecular complexity index is 430. The summed E-state index contributed by atoms with van der Waals surface area (Å²) >= 11 is 0. The van der Waals surface area contributed by atoms with E-state index < -0.39 is 10.4 Å². The number of carbonyl (C=O) groups excluding carboxylic acids is 1. The summed E-state index contributed by atoms with van der Waals surface area (Å²) in [6, 6.07) is 0. The number of amides is 1. The average Bonchev–Trinajstić information content (AvgIpc) is 2.43. The fourth-order valence-corrected chi connectivity index (χ4v) is 1.64. The van der Waals surface area contributed by atoms with Gasteiger partial charge in [-0.05, 0) is 20.8 Å². The Labute approximate surface area is 128 Å². The van der Waals surface area contributed by atoms with Gasteiger partial charge in [0.05, 0.1) is 27.2 Å². The van der Waals surface area contributed by atoms with E-state index >= 15 is 0 Å². The first-order chi connectivity index (χ1) is 9.47. The van der Waals surface area contributed by atoms with Gasteiger partial charge in [-0.15, -0.1) is 0 Å². The van der Waals surface area contributed by atoms with Crippen molar-refractivity contribution in [2.45, 2.75) is 40.3 Å². The van der Waals surface area contributed by atoms with E-state index in [-0.39, 0.29) is 12.1 Å². The summed E-state index contributed by atoms with van der Waals surface area (Å²) in [6.45, 7) is 13.8. The molecule has 21 heavy (non-hydrogen) atoms. The smallest absolute Gasteiger partial charge is 0.250 e. The van der Waals surface area contributed by atoms with Crippen LogP contribution >= 0.6 is 0 Å². The molecule has 1 N–H and O–H groups in total. The predicted molar refractivity (Wildman–Crippen MR) is 81.0 cm³/mol. The van der Waals surface area contributed by atoms with Gasteiger partial charge in [-0.2, -0.15) is 0 Å². The van der Waals surface area contributed by atoms with Crippen molar-refractivity contribution in [3.8, 4) is 0 Å². The van der Waals surface area contributed by atoms with Crippen LogP contribution in [0.5, 0.6) is 0 Å². The van der Waals surface area contributed by atoms with Crippen molar-refractivity contribution in [2.75, 3.05) is 27.2 Å². The van der Waals surface area contributed by atoms with Crippen molar-refractivity contribution >= 4 is 16.3 Å². The lowest BCUT2D eigenvalue weighted by Crippen LogP contribution is -2.59. The molecule has 0 spiro atoms. The second kappa shape index (κ2) is 9.88. The third kappa shape index (κ3) is 9.57. The van der Waals surface area contributed by atoms with E-state index in [9.17, 15) is 17.8 Å². The van der Waals surface area contributed by atoms with Crippen molar-refractivity contribution in [1.82, 2.24) is 5.32 Å². The van der Waals surface area contributed by atoms with Crippen molar-refractivity contribution in [2.24, 2.45) is 0 Å². The van der Waals surface area contributed by atoms with Crippen molar-refractivity contribution in [1.29, 1.82) is 0 Å². The minimum Gasteiger partial charge on any atom is -0.726 e. The molecule has 0 heterocycles. The molecule has 0 fully saturated rings. The standard InChI is InChI=1S/C12H24N2O.CH4O4S/c1-7-11(13-12(15)10(4)5)14(6,8-2)9-3;1-5-6(2,3)4/h11H,4,7-9H2,1-3,5-6H3;1H3,(H,2,3,4). The molecule has 0 aromatic heterocycles. The molecule has 0 bridgehead atoms. The fourth-order valence-electron chi connectivity index (χ4n) is 1.64. The third-order valence-corrected chi connectivity index (χ3v) is 3.88. The fraction of sp³-hybridized carbons (Fsp3) is 0.769. The number of hydrogen-bond acceptors (Lipinski definition) is 5. The van der Waals surface area contributed by atoms with Gasteiger partial charge < -0.3 is 14.4 Å². The molecule has 1 amide bonds. The zero-order valence-electron chi connectivity index (χ0n) is 13.8. The van der Waals surface area contributed by atoms with E-state index in [0.717, 1.165) is 31.1 Å². The highest BCUT2D eigenvalue weighted by atomic mass is 32.3. The van der Waals surface area contributed by atoms with Crippen LogP contribution in [-0.4, -0.2) is 56.8 Å². The third-order valence-electron chi connectivity index (χ3n) is 3.47. The molecule has 0 saturated heterocycles. The summed E-state index contributed by atoms with van der Waals surface area (Å²) in [5, 5.41) is 3.04. The number of nitrogens with zero attached hydrogens (tertiary/aromatic N) is 1. The van der Waals surface area contributed by atoms with Crippen LogP contribution in [0.15, 0.2) is 12.2 Å². The lowest BCUT2D eigenvalue weighted by molar-refractivity contribution is -0.932. The Morgan fingerprint density at radius 2 is 1.71 bits per heavy atom. The number of nitrogens with one attached hydrogen (secondary N) is 1. The SMILES string of the molecule is C=C(C)C(=O)NC(CC)[N+](C)(CC)CC.COS(=O)(=O)[O-]. The Morgan fingerprint density at radius 1 is 1.33 bits per heavy atom. The molecule has 0 aliphatic carbocycles. The minimum atomic E-state index is -4.41. The van der Waals surface area contributed by atoms with E-state index in [1.165, 1.54) is 0 Å². The Balaban J connectivity index is 0. The molecule has 0 saturated carbocycles. The molecule has 0 rings (SSSR count). The largest absolute Gasteiger partial charge is 0.726 e. The van der Waals surface area contributed by atoms with Crippen LogP contribution in [0.1, 0.15) is 34.1 Å². The maximum atomic E-state index is 11.6. The Hall–Kier alpha value is -0.960. The van der Waals surface area contributed by atoms with Gasteiger partial charge in [0.1, 0.15) is 0 Å². The van der Waals surface area contributed by atoms with Crippen LogP contribution in [0.3, 0.4) is 0 Å². The molecule has 126 valence electrons. The van der Waals surface area contributed by atoms with E-state index in [4.69, 9.17) is 0 Å². The number of carbonyl (C=O) groups is 1. The first-order valence-corrected chi connectivity index (χ1v) is 8.12. The molecule has 7 nitrogen and oxygen atoms in total. The molecule has 1 unspecified atom stereocenters. The second-order valence-electron chi connectivity index (χ2n) is 4.86. The molecule has 0 aromatic rings. The zero-order chi connectivity index (χ0) is 17.3. The van der Waals surface area contributed by atoms with Gasteiger partial charge in [-0.3, -0.25) is 8.98 Å². The maximum Gasteiger partial charge on any atom is 0.250 e. The van der Waals surface area contributed by atoms with Crippen LogP contribution in [0.4, 0.5) is 0 Å². The van der Waals surface area contributed by atoms with Gasteiger partial charge in [0, 0.05) is 12.0 Å². The van der Waals surface area contributed by atoms with Gasteiger partial charge in [0.25, 0.3) is 5.91 Å². The highest BCUT2D eigenvalue weighted by Gasteiger charge is 2.29. The van der Waals surface area contributed by atoms with E-state index in [1.807, 2.05) is 0 Å². The topological polar surface area (TPSA) is 95.5 Å². The highest BCUT2D eigenvalue weighted by Crippen LogP contribution is 2.11. The predicted octanol–water partition coefficient (Wildman–Crippen LogP) is 0.994. The minimum absolute atomic E-state index is 0.0342. The lowest BCUT2D eigenvalue weighted by atomic mass is 10.2. The van der Waals surface area contributed by atoms with Gasteiger partial charge >= 0.3 is 0 Å². The van der Waals surface area contributed by atoms with Crippen LogP contribution in [0, 0.1) is 0 Å². The average molecular weight is 324 g/mol. The molecule has 0 radical (unpaired) electrons. The summed E-state index contributed by atoms with van der Waals surface area (Å²) in [7, 11) is -1.43. The summed E-state index contributed by atoms with van der Waals surface area (Å²) in [5.41, 5.74) is 0.576. The molecule has 0 aromatic carbocycles. The van der Waals surface area contributed by atoms with Gasteiger partial charge in [0.2, 0.25) is 10.4 Å². The lowest BCUT2D eigenvalue weighted by Gasteiger charge is -2.39.